The van der Waals surface area contributed by atoms with Crippen LogP contribution < -0.4 is 10.1 Å². The number of amides is 2. The van der Waals surface area contributed by atoms with Gasteiger partial charge in [-0.1, -0.05) is 6.07 Å². The summed E-state index contributed by atoms with van der Waals surface area (Å²) in [4.78, 5) is 20.7. The number of anilines is 1. The molecular weight excluding hydrogens is 526 g/mol. The van der Waals surface area contributed by atoms with E-state index in [1.54, 1.807) is 23.2 Å². The third-order valence-corrected chi connectivity index (χ3v) is 6.26. The van der Waals surface area contributed by atoms with E-state index in [-0.39, 0.29) is 23.4 Å². The molecule has 1 aromatic heterocycles. The Morgan fingerprint density at radius 1 is 0.872 bits per heavy atom. The van der Waals surface area contributed by atoms with E-state index >= 15 is 0 Å². The summed E-state index contributed by atoms with van der Waals surface area (Å²) in [5.41, 5.74) is -1.43. The second-order valence-electron chi connectivity index (χ2n) is 9.10. The smallest absolute Gasteiger partial charge is 0.416 e. The molecule has 1 aliphatic heterocycles. The van der Waals surface area contributed by atoms with E-state index in [9.17, 15) is 31.1 Å². The van der Waals surface area contributed by atoms with Crippen LogP contribution in [0.3, 0.4) is 0 Å². The standard InChI is InChI=1S/C27H26F6N4O2/c28-26(29,30)21-14-20(15-22(16-21)27(31,32)33)18-39-24-5-3-23(4-6-24)35-25(38)37-12-10-36(11-13-37)9-7-19-2-1-8-34-17-19/h1-6,8,14-17H,7,9-13,18H2,(H,35,38). The summed E-state index contributed by atoms with van der Waals surface area (Å²) in [5, 5.41) is 2.79. The van der Waals surface area contributed by atoms with E-state index in [0.717, 1.165) is 31.6 Å². The zero-order valence-corrected chi connectivity index (χ0v) is 20.7. The summed E-state index contributed by atoms with van der Waals surface area (Å²) in [6.45, 7) is 3.00. The van der Waals surface area contributed by atoms with Crippen molar-refractivity contribution >= 4 is 11.7 Å². The number of piperazine rings is 1. The molecule has 12 heteroatoms. The number of carbonyl (C=O) groups is 1. The van der Waals surface area contributed by atoms with Gasteiger partial charge in [-0.3, -0.25) is 9.88 Å². The topological polar surface area (TPSA) is 57.7 Å². The maximum absolute atomic E-state index is 13.0. The van der Waals surface area contributed by atoms with E-state index in [2.05, 4.69) is 15.2 Å². The number of aromatic nitrogens is 1. The molecule has 0 unspecified atom stereocenters. The third-order valence-electron chi connectivity index (χ3n) is 6.26. The quantitative estimate of drug-likeness (QED) is 0.361. The van der Waals surface area contributed by atoms with Gasteiger partial charge in [-0.15, -0.1) is 0 Å². The number of alkyl halides is 6. The second-order valence-corrected chi connectivity index (χ2v) is 9.10. The van der Waals surface area contributed by atoms with E-state index in [1.165, 1.54) is 12.1 Å². The molecule has 2 amide bonds. The summed E-state index contributed by atoms with van der Waals surface area (Å²) >= 11 is 0. The molecule has 3 aromatic rings. The van der Waals surface area contributed by atoms with Crippen LogP contribution >= 0.6 is 0 Å². The fourth-order valence-electron chi connectivity index (χ4n) is 4.11. The molecule has 1 saturated heterocycles. The summed E-state index contributed by atoms with van der Waals surface area (Å²) in [5.74, 6) is 0.223. The van der Waals surface area contributed by atoms with Gasteiger partial charge in [-0.25, -0.2) is 4.79 Å². The monoisotopic (exact) mass is 552 g/mol. The first-order valence-electron chi connectivity index (χ1n) is 12.2. The first-order valence-corrected chi connectivity index (χ1v) is 12.2. The molecule has 2 heterocycles. The highest BCUT2D eigenvalue weighted by molar-refractivity contribution is 5.89. The molecule has 6 nitrogen and oxygen atoms in total. The van der Waals surface area contributed by atoms with Crippen LogP contribution in [0.2, 0.25) is 0 Å². The van der Waals surface area contributed by atoms with Gasteiger partial charge in [-0.05, 0) is 66.1 Å². The lowest BCUT2D eigenvalue weighted by atomic mass is 10.1. The Kier molecular flexibility index (Phi) is 8.63. The molecule has 1 aliphatic rings. The van der Waals surface area contributed by atoms with Crippen LogP contribution in [0.15, 0.2) is 67.0 Å². The molecule has 1 fully saturated rings. The molecule has 0 aliphatic carbocycles. The molecule has 0 saturated carbocycles. The fraction of sp³-hybridized carbons (Fsp3) is 0.333. The average molecular weight is 553 g/mol. The lowest BCUT2D eigenvalue weighted by Crippen LogP contribution is -2.50. The minimum absolute atomic E-state index is 0.0727. The van der Waals surface area contributed by atoms with Gasteiger partial charge in [0.15, 0.2) is 0 Å². The van der Waals surface area contributed by atoms with Crippen LogP contribution in [0, 0.1) is 0 Å². The number of rotatable bonds is 7. The fourth-order valence-corrected chi connectivity index (χ4v) is 4.11. The Morgan fingerprint density at radius 2 is 1.51 bits per heavy atom. The van der Waals surface area contributed by atoms with Crippen LogP contribution in [0.1, 0.15) is 22.3 Å². The lowest BCUT2D eigenvalue weighted by Gasteiger charge is -2.34. The summed E-state index contributed by atoms with van der Waals surface area (Å²) in [7, 11) is 0. The van der Waals surface area contributed by atoms with Gasteiger partial charge in [0.2, 0.25) is 0 Å². The molecule has 0 bridgehead atoms. The van der Waals surface area contributed by atoms with Crippen LogP contribution in [-0.4, -0.2) is 53.5 Å². The van der Waals surface area contributed by atoms with E-state index < -0.39 is 30.1 Å². The van der Waals surface area contributed by atoms with Crippen molar-refractivity contribution in [3.05, 3.63) is 89.2 Å². The summed E-state index contributed by atoms with van der Waals surface area (Å²) < 4.78 is 83.7. The van der Waals surface area contributed by atoms with Crippen molar-refractivity contribution in [2.45, 2.75) is 25.4 Å². The first kappa shape index (κ1) is 28.2. The zero-order valence-electron chi connectivity index (χ0n) is 20.7. The number of ether oxygens (including phenoxy) is 1. The SMILES string of the molecule is O=C(Nc1ccc(OCc2cc(C(F)(F)F)cc(C(F)(F)F)c2)cc1)N1CCN(CCc2cccnc2)CC1. The van der Waals surface area contributed by atoms with E-state index in [1.807, 2.05) is 18.3 Å². The highest BCUT2D eigenvalue weighted by Crippen LogP contribution is 2.36. The van der Waals surface area contributed by atoms with E-state index in [0.29, 0.717) is 30.9 Å². The predicted octanol–water partition coefficient (Wildman–Crippen LogP) is 6.09. The van der Waals surface area contributed by atoms with Crippen molar-refractivity contribution in [2.75, 3.05) is 38.0 Å². The van der Waals surface area contributed by atoms with Gasteiger partial charge in [0, 0.05) is 50.8 Å². The van der Waals surface area contributed by atoms with Crippen molar-refractivity contribution < 1.29 is 35.9 Å². The number of benzene rings is 2. The van der Waals surface area contributed by atoms with E-state index in [4.69, 9.17) is 4.74 Å². The van der Waals surface area contributed by atoms with Gasteiger partial charge in [0.25, 0.3) is 0 Å². The molecule has 39 heavy (non-hydrogen) atoms. The number of hydrogen-bond acceptors (Lipinski definition) is 4. The Morgan fingerprint density at radius 3 is 2.08 bits per heavy atom. The molecule has 0 spiro atoms. The molecule has 1 N–H and O–H groups in total. The number of pyridine rings is 1. The number of nitrogens with one attached hydrogen (secondary N) is 1. The highest BCUT2D eigenvalue weighted by Gasteiger charge is 2.37. The van der Waals surface area contributed by atoms with Gasteiger partial charge in [0.1, 0.15) is 12.4 Å². The second kappa shape index (κ2) is 11.9. The first-order chi connectivity index (χ1) is 18.5. The van der Waals surface area contributed by atoms with Crippen LogP contribution in [-0.2, 0) is 25.4 Å². The number of urea groups is 1. The van der Waals surface area contributed by atoms with Crippen LogP contribution in [0.4, 0.5) is 36.8 Å². The maximum atomic E-state index is 13.0. The zero-order chi connectivity index (χ0) is 28.0. The van der Waals surface area contributed by atoms with Crippen LogP contribution in [0.25, 0.3) is 0 Å². The Balaban J connectivity index is 1.26. The number of carbonyl (C=O) groups excluding carboxylic acids is 1. The lowest BCUT2D eigenvalue weighted by molar-refractivity contribution is -0.143. The summed E-state index contributed by atoms with van der Waals surface area (Å²) in [6, 6.07) is 11.0. The van der Waals surface area contributed by atoms with Crippen molar-refractivity contribution in [1.82, 2.24) is 14.8 Å². The van der Waals surface area contributed by atoms with Gasteiger partial charge < -0.3 is 15.0 Å². The molecule has 0 atom stereocenters. The number of halogens is 6. The third kappa shape index (κ3) is 8.09. The van der Waals surface area contributed by atoms with Crippen molar-refractivity contribution in [3.63, 3.8) is 0 Å². The van der Waals surface area contributed by atoms with Gasteiger partial charge in [-0.2, -0.15) is 26.3 Å². The number of hydrogen-bond donors (Lipinski definition) is 1. The van der Waals surface area contributed by atoms with Gasteiger partial charge in [0.05, 0.1) is 11.1 Å². The van der Waals surface area contributed by atoms with Crippen molar-refractivity contribution in [2.24, 2.45) is 0 Å². The summed E-state index contributed by atoms with van der Waals surface area (Å²) in [6.07, 6.45) is -5.40. The minimum atomic E-state index is -4.93. The highest BCUT2D eigenvalue weighted by atomic mass is 19.4. The Hall–Kier alpha value is -3.80. The molecule has 4 rings (SSSR count). The molecule has 208 valence electrons. The number of nitrogens with zero attached hydrogens (tertiary/aromatic N) is 3. The van der Waals surface area contributed by atoms with Gasteiger partial charge >= 0.3 is 18.4 Å². The molecule has 2 aromatic carbocycles. The van der Waals surface area contributed by atoms with Crippen molar-refractivity contribution in [1.29, 1.82) is 0 Å². The maximum Gasteiger partial charge on any atom is 0.416 e. The minimum Gasteiger partial charge on any atom is -0.489 e. The Labute approximate surface area is 221 Å². The van der Waals surface area contributed by atoms with Crippen LogP contribution in [0.5, 0.6) is 5.75 Å². The van der Waals surface area contributed by atoms with Crippen molar-refractivity contribution in [3.8, 4) is 5.75 Å². The largest absolute Gasteiger partial charge is 0.489 e. The average Bonchev–Trinajstić information content (AvgIpc) is 2.91. The Bertz CT molecular complexity index is 1210. The normalized spacial score (nSPS) is 14.8. The predicted molar refractivity (Wildman–Crippen MR) is 132 cm³/mol. The molecule has 0 radical (unpaired) electrons. The molecular formula is C27H26F6N4O2.